The molecular formula is C22H27N3O4. The van der Waals surface area contributed by atoms with Gasteiger partial charge in [0.15, 0.2) is 11.5 Å². The molecule has 0 radical (unpaired) electrons. The number of aryl methyl sites for hydroxylation is 1. The standard InChI is InChI=1S/C22H27N3O4/c1-28-19-7-5-16(14-20(19)29-2)6-8-21(26)25-12-9-18(10-13-25)24-22(27)17-4-3-11-23-15-17/h3-5,7,11,14-15,18H,6,8-10,12-13H2,1-2H3,(H,24,27). The third-order valence-electron chi connectivity index (χ3n) is 5.18. The van der Waals surface area contributed by atoms with Crippen molar-refractivity contribution in [3.05, 3.63) is 53.9 Å². The second-order valence-electron chi connectivity index (χ2n) is 7.06. The largest absolute Gasteiger partial charge is 0.493 e. The number of hydrogen-bond donors (Lipinski definition) is 1. The Bertz CT molecular complexity index is 833. The van der Waals surface area contributed by atoms with Gasteiger partial charge in [0.05, 0.1) is 19.8 Å². The van der Waals surface area contributed by atoms with Gasteiger partial charge >= 0.3 is 0 Å². The Morgan fingerprint density at radius 1 is 1.14 bits per heavy atom. The molecule has 1 aliphatic heterocycles. The molecule has 7 nitrogen and oxygen atoms in total. The maximum Gasteiger partial charge on any atom is 0.253 e. The number of ether oxygens (including phenoxy) is 2. The first-order valence-corrected chi connectivity index (χ1v) is 9.80. The van der Waals surface area contributed by atoms with Crippen molar-refractivity contribution in [3.63, 3.8) is 0 Å². The van der Waals surface area contributed by atoms with Crippen LogP contribution in [-0.4, -0.2) is 55.0 Å². The van der Waals surface area contributed by atoms with E-state index in [0.29, 0.717) is 43.0 Å². The van der Waals surface area contributed by atoms with E-state index in [1.54, 1.807) is 38.7 Å². The smallest absolute Gasteiger partial charge is 0.253 e. The molecule has 0 saturated carbocycles. The quantitative estimate of drug-likeness (QED) is 0.776. The lowest BCUT2D eigenvalue weighted by Gasteiger charge is -2.32. The first-order chi connectivity index (χ1) is 14.1. The summed E-state index contributed by atoms with van der Waals surface area (Å²) in [6.07, 6.45) is 5.81. The van der Waals surface area contributed by atoms with Crippen molar-refractivity contribution >= 4 is 11.8 Å². The number of nitrogens with zero attached hydrogens (tertiary/aromatic N) is 2. The normalized spacial score (nSPS) is 14.3. The number of rotatable bonds is 7. The van der Waals surface area contributed by atoms with Crippen LogP contribution in [0.15, 0.2) is 42.7 Å². The summed E-state index contributed by atoms with van der Waals surface area (Å²) in [5, 5.41) is 3.03. The lowest BCUT2D eigenvalue weighted by molar-refractivity contribution is -0.132. The molecule has 0 unspecified atom stereocenters. The SMILES string of the molecule is COc1ccc(CCC(=O)N2CCC(NC(=O)c3cccnc3)CC2)cc1OC. The van der Waals surface area contributed by atoms with Gasteiger partial charge in [-0.2, -0.15) is 0 Å². The van der Waals surface area contributed by atoms with Crippen LogP contribution in [0.25, 0.3) is 0 Å². The second-order valence-corrected chi connectivity index (χ2v) is 7.06. The first-order valence-electron chi connectivity index (χ1n) is 9.80. The van der Waals surface area contributed by atoms with Crippen molar-refractivity contribution in [2.75, 3.05) is 27.3 Å². The molecule has 1 aromatic carbocycles. The molecular weight excluding hydrogens is 370 g/mol. The minimum absolute atomic E-state index is 0.0811. The van der Waals surface area contributed by atoms with E-state index in [9.17, 15) is 9.59 Å². The van der Waals surface area contributed by atoms with Gasteiger partial charge in [0.25, 0.3) is 5.91 Å². The van der Waals surface area contributed by atoms with Crippen LogP contribution < -0.4 is 14.8 Å². The Balaban J connectivity index is 1.45. The number of carbonyl (C=O) groups is 2. The molecule has 0 spiro atoms. The molecule has 7 heteroatoms. The molecule has 1 saturated heterocycles. The number of nitrogens with one attached hydrogen (secondary N) is 1. The van der Waals surface area contributed by atoms with E-state index >= 15 is 0 Å². The number of methoxy groups -OCH3 is 2. The second kappa shape index (κ2) is 9.91. The van der Waals surface area contributed by atoms with Crippen LogP contribution in [0.3, 0.4) is 0 Å². The fraction of sp³-hybridized carbons (Fsp3) is 0.409. The third kappa shape index (κ3) is 5.47. The Labute approximate surface area is 171 Å². The molecule has 1 aliphatic rings. The molecule has 1 aromatic heterocycles. The van der Waals surface area contributed by atoms with Gasteiger partial charge < -0.3 is 19.7 Å². The predicted octanol–water partition coefficient (Wildman–Crippen LogP) is 2.45. The zero-order valence-electron chi connectivity index (χ0n) is 16.9. The molecule has 0 atom stereocenters. The Hall–Kier alpha value is -3.09. The molecule has 0 bridgehead atoms. The van der Waals surface area contributed by atoms with Crippen molar-refractivity contribution in [2.45, 2.75) is 31.7 Å². The molecule has 2 heterocycles. The Kier molecular flexibility index (Phi) is 7.05. The lowest BCUT2D eigenvalue weighted by Crippen LogP contribution is -2.46. The minimum Gasteiger partial charge on any atom is -0.493 e. The van der Waals surface area contributed by atoms with Crippen LogP contribution in [0.5, 0.6) is 11.5 Å². The number of amides is 2. The van der Waals surface area contributed by atoms with Crippen molar-refractivity contribution in [1.82, 2.24) is 15.2 Å². The van der Waals surface area contributed by atoms with Crippen molar-refractivity contribution < 1.29 is 19.1 Å². The van der Waals surface area contributed by atoms with Gasteiger partial charge in [0, 0.05) is 37.9 Å². The molecule has 3 rings (SSSR count). The van der Waals surface area contributed by atoms with E-state index in [2.05, 4.69) is 10.3 Å². The maximum absolute atomic E-state index is 12.6. The monoisotopic (exact) mass is 397 g/mol. The minimum atomic E-state index is -0.115. The van der Waals surface area contributed by atoms with E-state index in [-0.39, 0.29) is 17.9 Å². The topological polar surface area (TPSA) is 80.8 Å². The highest BCUT2D eigenvalue weighted by Crippen LogP contribution is 2.28. The highest BCUT2D eigenvalue weighted by Gasteiger charge is 2.24. The highest BCUT2D eigenvalue weighted by molar-refractivity contribution is 5.94. The van der Waals surface area contributed by atoms with Gasteiger partial charge in [-0.05, 0) is 49.1 Å². The van der Waals surface area contributed by atoms with Crippen LogP contribution in [0.1, 0.15) is 35.2 Å². The number of hydrogen-bond acceptors (Lipinski definition) is 5. The fourth-order valence-corrected chi connectivity index (χ4v) is 3.48. The summed E-state index contributed by atoms with van der Waals surface area (Å²) in [6.45, 7) is 1.31. The van der Waals surface area contributed by atoms with Crippen molar-refractivity contribution in [1.29, 1.82) is 0 Å². The third-order valence-corrected chi connectivity index (χ3v) is 5.18. The summed E-state index contributed by atoms with van der Waals surface area (Å²) in [5.41, 5.74) is 1.59. The van der Waals surface area contributed by atoms with E-state index in [0.717, 1.165) is 18.4 Å². The van der Waals surface area contributed by atoms with Crippen LogP contribution in [0, 0.1) is 0 Å². The molecule has 1 N–H and O–H groups in total. The summed E-state index contributed by atoms with van der Waals surface area (Å²) >= 11 is 0. The maximum atomic E-state index is 12.6. The molecule has 1 fully saturated rings. The van der Waals surface area contributed by atoms with Crippen LogP contribution >= 0.6 is 0 Å². The Morgan fingerprint density at radius 3 is 2.55 bits per heavy atom. The molecule has 29 heavy (non-hydrogen) atoms. The fourth-order valence-electron chi connectivity index (χ4n) is 3.48. The molecule has 2 aromatic rings. The van der Waals surface area contributed by atoms with Gasteiger partial charge in [-0.25, -0.2) is 0 Å². The highest BCUT2D eigenvalue weighted by atomic mass is 16.5. The molecule has 154 valence electrons. The van der Waals surface area contributed by atoms with E-state index < -0.39 is 0 Å². The van der Waals surface area contributed by atoms with Gasteiger partial charge in [-0.3, -0.25) is 14.6 Å². The Morgan fingerprint density at radius 2 is 1.90 bits per heavy atom. The summed E-state index contributed by atoms with van der Waals surface area (Å²) in [7, 11) is 3.20. The van der Waals surface area contributed by atoms with Gasteiger partial charge in [0.1, 0.15) is 0 Å². The number of carbonyl (C=O) groups excluding carboxylic acids is 2. The van der Waals surface area contributed by atoms with Crippen LogP contribution in [0.4, 0.5) is 0 Å². The zero-order chi connectivity index (χ0) is 20.6. The van der Waals surface area contributed by atoms with Gasteiger partial charge in [-0.15, -0.1) is 0 Å². The summed E-state index contributed by atoms with van der Waals surface area (Å²) < 4.78 is 10.6. The number of benzene rings is 1. The summed E-state index contributed by atoms with van der Waals surface area (Å²) in [6, 6.07) is 9.29. The van der Waals surface area contributed by atoms with Gasteiger partial charge in [-0.1, -0.05) is 6.07 Å². The lowest BCUT2D eigenvalue weighted by atomic mass is 10.0. The predicted molar refractivity (Wildman–Crippen MR) is 109 cm³/mol. The summed E-state index contributed by atoms with van der Waals surface area (Å²) in [5.74, 6) is 1.37. The molecule has 2 amide bonds. The molecule has 0 aliphatic carbocycles. The zero-order valence-corrected chi connectivity index (χ0v) is 16.9. The number of aromatic nitrogens is 1. The van der Waals surface area contributed by atoms with Crippen LogP contribution in [0.2, 0.25) is 0 Å². The van der Waals surface area contributed by atoms with Crippen molar-refractivity contribution in [3.8, 4) is 11.5 Å². The van der Waals surface area contributed by atoms with E-state index in [1.807, 2.05) is 23.1 Å². The number of likely N-dealkylation sites (tertiary alicyclic amines) is 1. The number of pyridine rings is 1. The van der Waals surface area contributed by atoms with E-state index in [4.69, 9.17) is 9.47 Å². The first kappa shape index (κ1) is 20.6. The summed E-state index contributed by atoms with van der Waals surface area (Å²) in [4.78, 5) is 30.7. The number of piperidine rings is 1. The van der Waals surface area contributed by atoms with E-state index in [1.165, 1.54) is 0 Å². The van der Waals surface area contributed by atoms with Crippen molar-refractivity contribution in [2.24, 2.45) is 0 Å². The van der Waals surface area contributed by atoms with Gasteiger partial charge in [0.2, 0.25) is 5.91 Å². The average molecular weight is 397 g/mol. The van der Waals surface area contributed by atoms with Crippen LogP contribution in [-0.2, 0) is 11.2 Å². The average Bonchev–Trinajstić information content (AvgIpc) is 2.78.